The SMILES string of the molecule is CC(C)(C)c1ccc(N=O)cc1C#N. The Kier molecular flexibility index (Phi) is 2.66. The summed E-state index contributed by atoms with van der Waals surface area (Å²) in [6, 6.07) is 7.02. The third-order valence-corrected chi connectivity index (χ3v) is 2.04. The zero-order valence-electron chi connectivity index (χ0n) is 8.53. The molecule has 0 amide bonds. The van der Waals surface area contributed by atoms with E-state index in [1.54, 1.807) is 12.1 Å². The fourth-order valence-corrected chi connectivity index (χ4v) is 1.34. The van der Waals surface area contributed by atoms with Crippen molar-refractivity contribution in [2.75, 3.05) is 0 Å². The molecule has 1 aromatic rings. The van der Waals surface area contributed by atoms with E-state index in [2.05, 4.69) is 11.2 Å². The van der Waals surface area contributed by atoms with Crippen molar-refractivity contribution < 1.29 is 0 Å². The lowest BCUT2D eigenvalue weighted by atomic mass is 9.84. The van der Waals surface area contributed by atoms with E-state index in [4.69, 9.17) is 5.26 Å². The monoisotopic (exact) mass is 188 g/mol. The quantitative estimate of drug-likeness (QED) is 0.635. The molecule has 72 valence electrons. The van der Waals surface area contributed by atoms with Crippen molar-refractivity contribution in [3.05, 3.63) is 34.2 Å². The second-order valence-electron chi connectivity index (χ2n) is 4.18. The number of rotatable bonds is 1. The third-order valence-electron chi connectivity index (χ3n) is 2.04. The normalized spacial score (nSPS) is 10.7. The molecule has 0 aliphatic carbocycles. The van der Waals surface area contributed by atoms with E-state index in [0.29, 0.717) is 11.3 Å². The maximum Gasteiger partial charge on any atom is 0.109 e. The topological polar surface area (TPSA) is 53.2 Å². The molecule has 0 saturated carbocycles. The maximum absolute atomic E-state index is 10.3. The van der Waals surface area contributed by atoms with E-state index in [1.165, 1.54) is 6.07 Å². The van der Waals surface area contributed by atoms with Gasteiger partial charge in [0.25, 0.3) is 0 Å². The first-order valence-electron chi connectivity index (χ1n) is 4.37. The van der Waals surface area contributed by atoms with Gasteiger partial charge in [-0.05, 0) is 28.3 Å². The molecule has 0 aliphatic rings. The molecule has 0 heterocycles. The standard InChI is InChI=1S/C11H12N2O/c1-11(2,3)10-5-4-9(13-14)6-8(10)7-12/h4-6H,1-3H3. The highest BCUT2D eigenvalue weighted by atomic mass is 16.3. The van der Waals surface area contributed by atoms with Gasteiger partial charge in [0.2, 0.25) is 0 Å². The molecule has 0 atom stereocenters. The van der Waals surface area contributed by atoms with Crippen LogP contribution in [-0.2, 0) is 5.41 Å². The van der Waals surface area contributed by atoms with E-state index in [-0.39, 0.29) is 5.41 Å². The summed E-state index contributed by atoms with van der Waals surface area (Å²) >= 11 is 0. The van der Waals surface area contributed by atoms with Crippen LogP contribution in [0.3, 0.4) is 0 Å². The fraction of sp³-hybridized carbons (Fsp3) is 0.364. The van der Waals surface area contributed by atoms with Crippen molar-refractivity contribution in [1.29, 1.82) is 5.26 Å². The molecule has 0 aromatic heterocycles. The molecule has 14 heavy (non-hydrogen) atoms. The van der Waals surface area contributed by atoms with Crippen LogP contribution in [0.15, 0.2) is 23.4 Å². The summed E-state index contributed by atoms with van der Waals surface area (Å²) in [6.07, 6.45) is 0. The van der Waals surface area contributed by atoms with Gasteiger partial charge in [-0.15, -0.1) is 4.91 Å². The minimum atomic E-state index is -0.0908. The van der Waals surface area contributed by atoms with Crippen LogP contribution >= 0.6 is 0 Å². The van der Waals surface area contributed by atoms with Crippen LogP contribution in [0.2, 0.25) is 0 Å². The van der Waals surface area contributed by atoms with Gasteiger partial charge >= 0.3 is 0 Å². The van der Waals surface area contributed by atoms with Gasteiger partial charge in [0.05, 0.1) is 11.6 Å². The van der Waals surface area contributed by atoms with Gasteiger partial charge in [-0.3, -0.25) is 0 Å². The van der Waals surface area contributed by atoms with Crippen LogP contribution in [-0.4, -0.2) is 0 Å². The van der Waals surface area contributed by atoms with E-state index < -0.39 is 0 Å². The molecule has 3 nitrogen and oxygen atoms in total. The Morgan fingerprint density at radius 3 is 2.43 bits per heavy atom. The number of benzene rings is 1. The molecule has 1 aromatic carbocycles. The molecule has 0 unspecified atom stereocenters. The summed E-state index contributed by atoms with van der Waals surface area (Å²) in [7, 11) is 0. The lowest BCUT2D eigenvalue weighted by Gasteiger charge is -2.20. The zero-order chi connectivity index (χ0) is 10.8. The molecule has 0 bridgehead atoms. The Morgan fingerprint density at radius 1 is 1.36 bits per heavy atom. The number of nitrogens with zero attached hydrogens (tertiary/aromatic N) is 2. The van der Waals surface area contributed by atoms with Crippen LogP contribution in [0.4, 0.5) is 5.69 Å². The molecular weight excluding hydrogens is 176 g/mol. The van der Waals surface area contributed by atoms with Crippen molar-refractivity contribution in [2.24, 2.45) is 5.18 Å². The van der Waals surface area contributed by atoms with Gasteiger partial charge in [-0.1, -0.05) is 26.8 Å². The lowest BCUT2D eigenvalue weighted by molar-refractivity contribution is 0.588. The summed E-state index contributed by atoms with van der Waals surface area (Å²) in [4.78, 5) is 10.3. The average molecular weight is 188 g/mol. The Bertz CT molecular complexity index is 397. The molecular formula is C11H12N2O. The van der Waals surface area contributed by atoms with Crippen LogP contribution in [0.1, 0.15) is 31.9 Å². The summed E-state index contributed by atoms with van der Waals surface area (Å²) in [5, 5.41) is 11.7. The van der Waals surface area contributed by atoms with Crippen molar-refractivity contribution in [1.82, 2.24) is 0 Å². The van der Waals surface area contributed by atoms with E-state index in [1.807, 2.05) is 20.8 Å². The predicted octanol–water partition coefficient (Wildman–Crippen LogP) is 3.25. The summed E-state index contributed by atoms with van der Waals surface area (Å²) in [5.41, 5.74) is 1.67. The predicted molar refractivity (Wildman–Crippen MR) is 55.3 cm³/mol. The van der Waals surface area contributed by atoms with Gasteiger partial charge in [0, 0.05) is 0 Å². The number of hydrogen-bond donors (Lipinski definition) is 0. The third kappa shape index (κ3) is 1.97. The second kappa shape index (κ2) is 3.59. The number of nitroso groups, excluding NO2 is 1. The zero-order valence-corrected chi connectivity index (χ0v) is 8.53. The highest BCUT2D eigenvalue weighted by Gasteiger charge is 2.18. The highest BCUT2D eigenvalue weighted by molar-refractivity contribution is 5.51. The van der Waals surface area contributed by atoms with E-state index >= 15 is 0 Å². The molecule has 0 saturated heterocycles. The molecule has 0 aliphatic heterocycles. The summed E-state index contributed by atoms with van der Waals surface area (Å²) < 4.78 is 0. The maximum atomic E-state index is 10.3. The molecule has 0 N–H and O–H groups in total. The van der Waals surface area contributed by atoms with Crippen LogP contribution in [0.5, 0.6) is 0 Å². The highest BCUT2D eigenvalue weighted by Crippen LogP contribution is 2.28. The van der Waals surface area contributed by atoms with Gasteiger partial charge in [0.1, 0.15) is 5.69 Å². The first kappa shape index (κ1) is 10.4. The van der Waals surface area contributed by atoms with Crippen LogP contribution in [0.25, 0.3) is 0 Å². The summed E-state index contributed by atoms with van der Waals surface area (Å²) in [6.45, 7) is 6.07. The first-order valence-corrected chi connectivity index (χ1v) is 4.37. The van der Waals surface area contributed by atoms with Crippen molar-refractivity contribution in [3.8, 4) is 6.07 Å². The van der Waals surface area contributed by atoms with Gasteiger partial charge < -0.3 is 0 Å². The van der Waals surface area contributed by atoms with Crippen molar-refractivity contribution >= 4 is 5.69 Å². The molecule has 0 radical (unpaired) electrons. The van der Waals surface area contributed by atoms with Crippen molar-refractivity contribution in [2.45, 2.75) is 26.2 Å². The number of nitriles is 1. The molecule has 0 spiro atoms. The van der Waals surface area contributed by atoms with Crippen LogP contribution in [0, 0.1) is 16.2 Å². The first-order chi connectivity index (χ1) is 6.49. The van der Waals surface area contributed by atoms with E-state index in [0.717, 1.165) is 5.56 Å². The van der Waals surface area contributed by atoms with E-state index in [9.17, 15) is 4.91 Å². The Morgan fingerprint density at radius 2 is 2.00 bits per heavy atom. The van der Waals surface area contributed by atoms with Crippen LogP contribution < -0.4 is 0 Å². The Balaban J connectivity index is 3.34. The van der Waals surface area contributed by atoms with Gasteiger partial charge in [-0.25, -0.2) is 0 Å². The lowest BCUT2D eigenvalue weighted by Crippen LogP contribution is -2.12. The second-order valence-corrected chi connectivity index (χ2v) is 4.18. The largest absolute Gasteiger partial charge is 0.192 e. The fourth-order valence-electron chi connectivity index (χ4n) is 1.34. The molecule has 1 rings (SSSR count). The Labute approximate surface area is 83.3 Å². The smallest absolute Gasteiger partial charge is 0.109 e. The Hall–Kier alpha value is -1.69. The van der Waals surface area contributed by atoms with Gasteiger partial charge in [0.15, 0.2) is 0 Å². The average Bonchev–Trinajstić information content (AvgIpc) is 2.15. The summed E-state index contributed by atoms with van der Waals surface area (Å²) in [5.74, 6) is 0. The molecule has 0 fully saturated rings. The van der Waals surface area contributed by atoms with Crippen molar-refractivity contribution in [3.63, 3.8) is 0 Å². The minimum Gasteiger partial charge on any atom is -0.192 e. The minimum absolute atomic E-state index is 0.0908. The molecule has 3 heteroatoms. The van der Waals surface area contributed by atoms with Gasteiger partial charge in [-0.2, -0.15) is 5.26 Å². The number of hydrogen-bond acceptors (Lipinski definition) is 3.